The van der Waals surface area contributed by atoms with Gasteiger partial charge in [0.1, 0.15) is 23.0 Å². The lowest BCUT2D eigenvalue weighted by Crippen LogP contribution is -2.34. The third-order valence-corrected chi connectivity index (χ3v) is 4.54. The highest BCUT2D eigenvalue weighted by Crippen LogP contribution is 2.17. The molecule has 0 aliphatic carbocycles. The number of ether oxygens (including phenoxy) is 1. The van der Waals surface area contributed by atoms with Crippen LogP contribution in [0.15, 0.2) is 110 Å². The van der Waals surface area contributed by atoms with Gasteiger partial charge >= 0.3 is 0 Å². The summed E-state index contributed by atoms with van der Waals surface area (Å²) < 4.78 is 18.9. The van der Waals surface area contributed by atoms with Crippen LogP contribution < -0.4 is 15.4 Å². The Morgan fingerprint density at radius 2 is 1.70 bits per heavy atom. The van der Waals surface area contributed by atoms with Gasteiger partial charge in [-0.25, -0.2) is 4.39 Å². The maximum atomic E-state index is 13.4. The molecule has 0 bridgehead atoms. The van der Waals surface area contributed by atoms with Gasteiger partial charge in [-0.2, -0.15) is 0 Å². The Bertz CT molecular complexity index is 1190. The summed E-state index contributed by atoms with van der Waals surface area (Å²) in [5, 5.41) is 5.38. The van der Waals surface area contributed by atoms with Crippen LogP contribution in [0.2, 0.25) is 0 Å². The number of halogens is 1. The second-order valence-electron chi connectivity index (χ2n) is 7.03. The average molecular weight is 442 g/mol. The van der Waals surface area contributed by atoms with Crippen molar-refractivity contribution < 1.29 is 18.7 Å². The molecule has 33 heavy (non-hydrogen) atoms. The lowest BCUT2D eigenvalue weighted by Gasteiger charge is -2.12. The molecule has 0 aromatic heterocycles. The maximum Gasteiger partial charge on any atom is 0.268 e. The van der Waals surface area contributed by atoms with Crippen LogP contribution in [0.1, 0.15) is 21.5 Å². The summed E-state index contributed by atoms with van der Waals surface area (Å²) in [6, 6.07) is 21.4. The normalized spacial score (nSPS) is 10.8. The number of hydrogen-bond donors (Lipinski definition) is 2. The Morgan fingerprint density at radius 1 is 0.970 bits per heavy atom. The topological polar surface area (TPSA) is 67.4 Å². The van der Waals surface area contributed by atoms with Crippen LogP contribution in [-0.2, 0) is 11.3 Å². The molecule has 0 fully saturated rings. The van der Waals surface area contributed by atoms with Crippen molar-refractivity contribution in [1.29, 1.82) is 0 Å². The first-order valence-electron chi connectivity index (χ1n) is 10.1. The molecule has 0 saturated carbocycles. The number of carbonyl (C=O) groups is 2. The summed E-state index contributed by atoms with van der Waals surface area (Å²) in [6.07, 6.45) is 3.04. The van der Waals surface area contributed by atoms with Gasteiger partial charge in [0.2, 0.25) is 0 Å². The van der Waals surface area contributed by atoms with Crippen molar-refractivity contribution in [3.8, 4) is 5.75 Å². The number of amides is 2. The van der Waals surface area contributed by atoms with E-state index in [0.29, 0.717) is 28.2 Å². The smallest absolute Gasteiger partial charge is 0.268 e. The van der Waals surface area contributed by atoms with Gasteiger partial charge in [0.05, 0.1) is 0 Å². The van der Waals surface area contributed by atoms with E-state index in [0.717, 1.165) is 0 Å². The molecule has 0 atom stereocenters. The summed E-state index contributed by atoms with van der Waals surface area (Å²) in [5.74, 6) is -0.362. The minimum absolute atomic E-state index is 0.0458. The molecule has 0 spiro atoms. The van der Waals surface area contributed by atoms with Gasteiger partial charge in [-0.05, 0) is 59.7 Å². The SMILES string of the molecule is C=CC(=C)Oc1ccc(/C=C(\NC(=O)c2ccccc2)C(=O)NCc2cccc(F)c2)cc1. The van der Waals surface area contributed by atoms with Gasteiger partial charge in [-0.1, -0.05) is 55.6 Å². The van der Waals surface area contributed by atoms with Gasteiger partial charge in [-0.3, -0.25) is 9.59 Å². The van der Waals surface area contributed by atoms with Gasteiger partial charge in [-0.15, -0.1) is 0 Å². The van der Waals surface area contributed by atoms with E-state index in [4.69, 9.17) is 4.74 Å². The van der Waals surface area contributed by atoms with E-state index in [1.165, 1.54) is 18.2 Å². The molecule has 0 unspecified atom stereocenters. The standard InChI is InChI=1S/C27H23FN2O3/c1-3-19(2)33-24-14-12-20(13-15-24)17-25(30-26(31)22-9-5-4-6-10-22)27(32)29-18-21-8-7-11-23(28)16-21/h3-17H,1-2,18H2,(H,29,32)(H,30,31)/b25-17-. The minimum atomic E-state index is -0.510. The van der Waals surface area contributed by atoms with Gasteiger partial charge in [0, 0.05) is 12.1 Å². The Balaban J connectivity index is 1.80. The Labute approximate surface area is 191 Å². The molecule has 2 amide bonds. The van der Waals surface area contributed by atoms with Crippen molar-refractivity contribution in [2.75, 3.05) is 0 Å². The average Bonchev–Trinajstić information content (AvgIpc) is 2.83. The fourth-order valence-corrected chi connectivity index (χ4v) is 2.86. The maximum absolute atomic E-state index is 13.4. The number of rotatable bonds is 9. The molecular formula is C27H23FN2O3. The highest BCUT2D eigenvalue weighted by atomic mass is 19.1. The van der Waals surface area contributed by atoms with Crippen molar-refractivity contribution in [2.24, 2.45) is 0 Å². The second-order valence-corrected chi connectivity index (χ2v) is 7.03. The van der Waals surface area contributed by atoms with E-state index in [2.05, 4.69) is 23.8 Å². The molecule has 3 rings (SSSR count). The number of allylic oxidation sites excluding steroid dienone is 1. The monoisotopic (exact) mass is 442 g/mol. The molecule has 3 aromatic carbocycles. The molecular weight excluding hydrogens is 419 g/mol. The van der Waals surface area contributed by atoms with Crippen molar-refractivity contribution in [1.82, 2.24) is 10.6 Å². The summed E-state index contributed by atoms with van der Waals surface area (Å²) in [6.45, 7) is 7.39. The zero-order valence-corrected chi connectivity index (χ0v) is 17.9. The molecule has 6 heteroatoms. The fourth-order valence-electron chi connectivity index (χ4n) is 2.86. The molecule has 5 nitrogen and oxygen atoms in total. The van der Waals surface area contributed by atoms with Crippen LogP contribution in [-0.4, -0.2) is 11.8 Å². The van der Waals surface area contributed by atoms with Gasteiger partial charge < -0.3 is 15.4 Å². The van der Waals surface area contributed by atoms with Crippen LogP contribution in [0.5, 0.6) is 5.75 Å². The quantitative estimate of drug-likeness (QED) is 0.279. The number of carbonyl (C=O) groups excluding carboxylic acids is 2. The molecule has 166 valence electrons. The summed E-state index contributed by atoms with van der Waals surface area (Å²) >= 11 is 0. The highest BCUT2D eigenvalue weighted by molar-refractivity contribution is 6.05. The zero-order chi connectivity index (χ0) is 23.6. The predicted molar refractivity (Wildman–Crippen MR) is 127 cm³/mol. The van der Waals surface area contributed by atoms with E-state index in [-0.39, 0.29) is 12.2 Å². The van der Waals surface area contributed by atoms with Crippen LogP contribution in [0.4, 0.5) is 4.39 Å². The molecule has 0 radical (unpaired) electrons. The van der Waals surface area contributed by atoms with Crippen molar-refractivity contribution in [2.45, 2.75) is 6.54 Å². The summed E-state index contributed by atoms with van der Waals surface area (Å²) in [4.78, 5) is 25.5. The highest BCUT2D eigenvalue weighted by Gasteiger charge is 2.15. The van der Waals surface area contributed by atoms with Crippen molar-refractivity contribution in [3.63, 3.8) is 0 Å². The number of hydrogen-bond acceptors (Lipinski definition) is 3. The van der Waals surface area contributed by atoms with E-state index in [1.807, 2.05) is 0 Å². The first kappa shape index (κ1) is 23.2. The largest absolute Gasteiger partial charge is 0.458 e. The van der Waals surface area contributed by atoms with Gasteiger partial charge in [0.15, 0.2) is 0 Å². The first-order valence-corrected chi connectivity index (χ1v) is 10.1. The zero-order valence-electron chi connectivity index (χ0n) is 17.9. The summed E-state index contributed by atoms with van der Waals surface area (Å²) in [7, 11) is 0. The molecule has 0 saturated heterocycles. The van der Waals surface area contributed by atoms with Crippen molar-refractivity contribution in [3.05, 3.63) is 132 Å². The van der Waals surface area contributed by atoms with E-state index in [1.54, 1.807) is 72.8 Å². The first-order chi connectivity index (χ1) is 15.9. The number of benzene rings is 3. The van der Waals surface area contributed by atoms with Crippen LogP contribution in [0.25, 0.3) is 6.08 Å². The molecule has 2 N–H and O–H groups in total. The van der Waals surface area contributed by atoms with Crippen LogP contribution >= 0.6 is 0 Å². The van der Waals surface area contributed by atoms with E-state index >= 15 is 0 Å². The molecule has 3 aromatic rings. The van der Waals surface area contributed by atoms with Crippen LogP contribution in [0, 0.1) is 5.82 Å². The Morgan fingerprint density at radius 3 is 2.36 bits per heavy atom. The van der Waals surface area contributed by atoms with E-state index < -0.39 is 17.6 Å². The lowest BCUT2D eigenvalue weighted by molar-refractivity contribution is -0.117. The number of nitrogens with one attached hydrogen (secondary N) is 2. The lowest BCUT2D eigenvalue weighted by atomic mass is 10.1. The Hall–Kier alpha value is -4.45. The minimum Gasteiger partial charge on any atom is -0.458 e. The predicted octanol–water partition coefficient (Wildman–Crippen LogP) is 4.99. The second kappa shape index (κ2) is 11.2. The van der Waals surface area contributed by atoms with E-state index in [9.17, 15) is 14.0 Å². The Kier molecular flexibility index (Phi) is 7.91. The molecule has 0 heterocycles. The van der Waals surface area contributed by atoms with Crippen LogP contribution in [0.3, 0.4) is 0 Å². The third-order valence-electron chi connectivity index (χ3n) is 4.54. The molecule has 0 aliphatic heterocycles. The summed E-state index contributed by atoms with van der Waals surface area (Å²) in [5.41, 5.74) is 1.72. The third kappa shape index (κ3) is 7.04. The van der Waals surface area contributed by atoms with Crippen molar-refractivity contribution >= 4 is 17.9 Å². The van der Waals surface area contributed by atoms with Gasteiger partial charge in [0.25, 0.3) is 11.8 Å². The fraction of sp³-hybridized carbons (Fsp3) is 0.0370. The molecule has 0 aliphatic rings.